The molecule has 2 aromatic heterocycles. The van der Waals surface area contributed by atoms with Crippen molar-refractivity contribution in [1.29, 1.82) is 0 Å². The van der Waals surface area contributed by atoms with E-state index in [1.165, 1.54) is 11.8 Å². The van der Waals surface area contributed by atoms with Gasteiger partial charge in [0.05, 0.1) is 22.3 Å². The lowest BCUT2D eigenvalue weighted by Crippen LogP contribution is -2.25. The molecule has 0 unspecified atom stereocenters. The lowest BCUT2D eigenvalue weighted by molar-refractivity contribution is 0.519. The van der Waals surface area contributed by atoms with Crippen molar-refractivity contribution in [3.63, 3.8) is 0 Å². The van der Waals surface area contributed by atoms with E-state index in [-0.39, 0.29) is 11.6 Å². The molecule has 136 valence electrons. The number of tetrazole rings is 1. The predicted molar refractivity (Wildman–Crippen MR) is 105 cm³/mol. The molecule has 7 nitrogen and oxygen atoms in total. The second kappa shape index (κ2) is 7.32. The Labute approximate surface area is 160 Å². The minimum absolute atomic E-state index is 0.00206. The van der Waals surface area contributed by atoms with Gasteiger partial charge in [0.15, 0.2) is 11.0 Å². The van der Waals surface area contributed by atoms with Crippen LogP contribution in [-0.4, -0.2) is 29.8 Å². The SMILES string of the molecule is CC(C)n1c(SCc2nnnn2-c2ccccc2)nc2ccccc2c1=O. The average Bonchev–Trinajstić information content (AvgIpc) is 3.15. The van der Waals surface area contributed by atoms with E-state index in [4.69, 9.17) is 4.98 Å². The first kappa shape index (κ1) is 17.4. The summed E-state index contributed by atoms with van der Waals surface area (Å²) in [7, 11) is 0. The van der Waals surface area contributed by atoms with E-state index >= 15 is 0 Å². The summed E-state index contributed by atoms with van der Waals surface area (Å²) in [6.45, 7) is 3.96. The molecule has 0 amide bonds. The van der Waals surface area contributed by atoms with E-state index in [0.29, 0.717) is 27.6 Å². The van der Waals surface area contributed by atoms with Gasteiger partial charge in [0.1, 0.15) is 0 Å². The Balaban J connectivity index is 1.70. The standard InChI is InChI=1S/C19H18N6OS/c1-13(2)24-18(26)15-10-6-7-11-16(15)20-19(24)27-12-17-21-22-23-25(17)14-8-4-3-5-9-14/h3-11,13H,12H2,1-2H3. The van der Waals surface area contributed by atoms with E-state index in [1.807, 2.05) is 68.4 Å². The summed E-state index contributed by atoms with van der Waals surface area (Å²) in [5, 5.41) is 13.3. The fourth-order valence-corrected chi connectivity index (χ4v) is 3.91. The molecule has 0 radical (unpaired) electrons. The van der Waals surface area contributed by atoms with E-state index in [0.717, 1.165) is 5.69 Å². The molecular formula is C19H18N6OS. The summed E-state index contributed by atoms with van der Waals surface area (Å²) in [5.41, 5.74) is 1.57. The van der Waals surface area contributed by atoms with E-state index < -0.39 is 0 Å². The second-order valence-electron chi connectivity index (χ2n) is 6.31. The van der Waals surface area contributed by atoms with Gasteiger partial charge in [0.25, 0.3) is 5.56 Å². The lowest BCUT2D eigenvalue weighted by Gasteiger charge is -2.16. The third-order valence-electron chi connectivity index (χ3n) is 4.16. The van der Waals surface area contributed by atoms with Crippen LogP contribution in [0.25, 0.3) is 16.6 Å². The smallest absolute Gasteiger partial charge is 0.262 e. The Morgan fingerprint density at radius 1 is 1.04 bits per heavy atom. The molecule has 27 heavy (non-hydrogen) atoms. The van der Waals surface area contributed by atoms with Gasteiger partial charge in [-0.1, -0.05) is 42.1 Å². The van der Waals surface area contributed by atoms with Crippen molar-refractivity contribution in [3.8, 4) is 5.69 Å². The zero-order chi connectivity index (χ0) is 18.8. The number of thioether (sulfide) groups is 1. The predicted octanol–water partition coefficient (Wildman–Crippen LogP) is 3.25. The Bertz CT molecular complexity index is 1140. The third kappa shape index (κ3) is 3.35. The normalized spacial score (nSPS) is 11.4. The third-order valence-corrected chi connectivity index (χ3v) is 5.11. The fraction of sp³-hybridized carbons (Fsp3) is 0.211. The Morgan fingerprint density at radius 3 is 2.56 bits per heavy atom. The zero-order valence-corrected chi connectivity index (χ0v) is 15.8. The van der Waals surface area contributed by atoms with Gasteiger partial charge >= 0.3 is 0 Å². The van der Waals surface area contributed by atoms with E-state index in [2.05, 4.69) is 15.5 Å². The summed E-state index contributed by atoms with van der Waals surface area (Å²) < 4.78 is 3.43. The quantitative estimate of drug-likeness (QED) is 0.392. The van der Waals surface area contributed by atoms with Gasteiger partial charge in [-0.15, -0.1) is 5.10 Å². The number of fused-ring (bicyclic) bond motifs is 1. The molecule has 0 aliphatic rings. The van der Waals surface area contributed by atoms with Crippen molar-refractivity contribution < 1.29 is 0 Å². The highest BCUT2D eigenvalue weighted by atomic mass is 32.2. The molecule has 0 saturated heterocycles. The molecule has 2 heterocycles. The van der Waals surface area contributed by atoms with Gasteiger partial charge in [-0.3, -0.25) is 9.36 Å². The van der Waals surface area contributed by atoms with Crippen molar-refractivity contribution >= 4 is 22.7 Å². The first-order chi connectivity index (χ1) is 13.1. The highest BCUT2D eigenvalue weighted by Crippen LogP contribution is 2.24. The van der Waals surface area contributed by atoms with Crippen LogP contribution in [0, 0.1) is 0 Å². The fourth-order valence-electron chi connectivity index (χ4n) is 2.88. The summed E-state index contributed by atoms with van der Waals surface area (Å²) in [4.78, 5) is 17.6. The molecule has 4 rings (SSSR count). The van der Waals surface area contributed by atoms with E-state index in [9.17, 15) is 4.79 Å². The molecule has 0 aliphatic heterocycles. The molecular weight excluding hydrogens is 360 g/mol. The van der Waals surface area contributed by atoms with Crippen molar-refractivity contribution in [2.24, 2.45) is 0 Å². The first-order valence-corrected chi connectivity index (χ1v) is 9.60. The Hall–Kier alpha value is -3.00. The van der Waals surface area contributed by atoms with Crippen LogP contribution in [0.3, 0.4) is 0 Å². The summed E-state index contributed by atoms with van der Waals surface area (Å²) in [6, 6.07) is 17.1. The number of hydrogen-bond acceptors (Lipinski definition) is 6. The van der Waals surface area contributed by atoms with Crippen LogP contribution in [0.5, 0.6) is 0 Å². The molecule has 0 N–H and O–H groups in total. The molecule has 8 heteroatoms. The lowest BCUT2D eigenvalue weighted by atomic mass is 10.2. The van der Waals surface area contributed by atoms with Crippen LogP contribution in [0.2, 0.25) is 0 Å². The highest BCUT2D eigenvalue weighted by Gasteiger charge is 2.16. The molecule has 0 fully saturated rings. The van der Waals surface area contributed by atoms with Crippen LogP contribution < -0.4 is 5.56 Å². The molecule has 0 aliphatic carbocycles. The summed E-state index contributed by atoms with van der Waals surface area (Å²) in [5.74, 6) is 1.20. The van der Waals surface area contributed by atoms with Crippen LogP contribution in [0.15, 0.2) is 64.5 Å². The maximum atomic E-state index is 12.9. The maximum absolute atomic E-state index is 12.9. The highest BCUT2D eigenvalue weighted by molar-refractivity contribution is 7.98. The van der Waals surface area contributed by atoms with Crippen LogP contribution in [0.1, 0.15) is 25.7 Å². The number of rotatable bonds is 5. The molecule has 0 saturated carbocycles. The van der Waals surface area contributed by atoms with Crippen molar-refractivity contribution in [2.45, 2.75) is 30.8 Å². The number of para-hydroxylation sites is 2. The second-order valence-corrected chi connectivity index (χ2v) is 7.25. The average molecular weight is 378 g/mol. The number of hydrogen-bond donors (Lipinski definition) is 0. The van der Waals surface area contributed by atoms with Crippen molar-refractivity contribution in [3.05, 3.63) is 70.8 Å². The number of nitrogens with zero attached hydrogens (tertiary/aromatic N) is 6. The van der Waals surface area contributed by atoms with Gasteiger partial charge in [0.2, 0.25) is 0 Å². The Morgan fingerprint density at radius 2 is 1.78 bits per heavy atom. The van der Waals surface area contributed by atoms with Crippen LogP contribution in [0.4, 0.5) is 0 Å². The number of aromatic nitrogens is 6. The molecule has 4 aromatic rings. The summed E-state index contributed by atoms with van der Waals surface area (Å²) >= 11 is 1.46. The van der Waals surface area contributed by atoms with Crippen LogP contribution in [-0.2, 0) is 5.75 Å². The molecule has 0 spiro atoms. The van der Waals surface area contributed by atoms with Crippen molar-refractivity contribution in [1.82, 2.24) is 29.8 Å². The monoisotopic (exact) mass is 378 g/mol. The first-order valence-electron chi connectivity index (χ1n) is 8.62. The zero-order valence-electron chi connectivity index (χ0n) is 15.0. The van der Waals surface area contributed by atoms with Gasteiger partial charge < -0.3 is 0 Å². The molecule has 0 atom stereocenters. The van der Waals surface area contributed by atoms with Gasteiger partial charge in [0, 0.05) is 6.04 Å². The number of benzene rings is 2. The largest absolute Gasteiger partial charge is 0.285 e. The van der Waals surface area contributed by atoms with E-state index in [1.54, 1.807) is 9.25 Å². The minimum Gasteiger partial charge on any atom is -0.285 e. The van der Waals surface area contributed by atoms with Crippen molar-refractivity contribution in [2.75, 3.05) is 0 Å². The van der Waals surface area contributed by atoms with Gasteiger partial charge in [-0.25, -0.2) is 4.98 Å². The van der Waals surface area contributed by atoms with Gasteiger partial charge in [-0.05, 0) is 48.5 Å². The molecule has 0 bridgehead atoms. The topological polar surface area (TPSA) is 78.5 Å². The minimum atomic E-state index is -0.0271. The Kier molecular flexibility index (Phi) is 4.72. The molecule has 2 aromatic carbocycles. The van der Waals surface area contributed by atoms with Gasteiger partial charge in [-0.2, -0.15) is 4.68 Å². The van der Waals surface area contributed by atoms with Crippen LogP contribution >= 0.6 is 11.8 Å². The summed E-state index contributed by atoms with van der Waals surface area (Å²) in [6.07, 6.45) is 0. The maximum Gasteiger partial charge on any atom is 0.262 e.